The Morgan fingerprint density at radius 2 is 2.26 bits per heavy atom. The molecule has 0 saturated heterocycles. The van der Waals surface area contributed by atoms with E-state index in [0.717, 1.165) is 17.7 Å². The molecule has 1 N–H and O–H groups in total. The number of aromatic amines is 1. The Morgan fingerprint density at radius 3 is 2.95 bits per heavy atom. The van der Waals surface area contributed by atoms with Gasteiger partial charge in [0.05, 0.1) is 19.2 Å². The van der Waals surface area contributed by atoms with E-state index in [4.69, 9.17) is 17.0 Å². The lowest BCUT2D eigenvalue weighted by Gasteiger charge is -2.04. The van der Waals surface area contributed by atoms with E-state index in [1.54, 1.807) is 18.4 Å². The van der Waals surface area contributed by atoms with Crippen molar-refractivity contribution in [2.45, 2.75) is 13.5 Å². The second-order valence-corrected chi connectivity index (χ2v) is 5.66. The maximum Gasteiger partial charge on any atom is 0.215 e. The van der Waals surface area contributed by atoms with Crippen LogP contribution in [0.15, 0.2) is 23.6 Å². The highest BCUT2D eigenvalue weighted by Crippen LogP contribution is 2.21. The fraction of sp³-hybridized carbons (Fsp3) is 0.231. The zero-order chi connectivity index (χ0) is 13.4. The summed E-state index contributed by atoms with van der Waals surface area (Å²) in [6.45, 7) is 2.85. The predicted molar refractivity (Wildman–Crippen MR) is 79.6 cm³/mol. The van der Waals surface area contributed by atoms with Gasteiger partial charge >= 0.3 is 0 Å². The maximum absolute atomic E-state index is 5.38. The van der Waals surface area contributed by atoms with Gasteiger partial charge in [-0.2, -0.15) is 4.98 Å². The summed E-state index contributed by atoms with van der Waals surface area (Å²) < 4.78 is 7.87. The van der Waals surface area contributed by atoms with Gasteiger partial charge < -0.3 is 9.72 Å². The number of nitrogens with one attached hydrogen (secondary N) is 1. The Labute approximate surface area is 119 Å². The standard InChI is InChI=1S/C13H13N3OS2/c1-8-5-6-19-10(8)7-16-12-9(14-13(16)18)3-4-11(15-12)17-2/h3-6H,7H2,1-2H3,(H,14,18). The van der Waals surface area contributed by atoms with Gasteiger partial charge in [-0.05, 0) is 42.2 Å². The molecule has 3 aromatic heterocycles. The Balaban J connectivity index is 2.14. The van der Waals surface area contributed by atoms with Gasteiger partial charge in [-0.1, -0.05) is 0 Å². The smallest absolute Gasteiger partial charge is 0.215 e. The molecule has 0 atom stereocenters. The first kappa shape index (κ1) is 12.4. The Hall–Kier alpha value is -1.66. The molecule has 0 aliphatic rings. The van der Waals surface area contributed by atoms with Crippen LogP contribution in [0.4, 0.5) is 0 Å². The van der Waals surface area contributed by atoms with Crippen molar-refractivity contribution in [1.82, 2.24) is 14.5 Å². The van der Waals surface area contributed by atoms with Crippen molar-refractivity contribution in [3.8, 4) is 5.88 Å². The van der Waals surface area contributed by atoms with Crippen LogP contribution in [-0.2, 0) is 6.54 Å². The number of H-pyrrole nitrogens is 1. The zero-order valence-electron chi connectivity index (χ0n) is 10.6. The Morgan fingerprint density at radius 1 is 1.42 bits per heavy atom. The molecule has 0 aliphatic carbocycles. The first-order valence-corrected chi connectivity index (χ1v) is 7.14. The SMILES string of the molecule is COc1ccc2[nH]c(=S)n(Cc3sccc3C)c2n1. The van der Waals surface area contributed by atoms with Crippen LogP contribution in [0.3, 0.4) is 0 Å². The van der Waals surface area contributed by atoms with E-state index in [1.165, 1.54) is 10.4 Å². The molecule has 0 amide bonds. The third kappa shape index (κ3) is 2.17. The average molecular weight is 291 g/mol. The third-order valence-electron chi connectivity index (χ3n) is 3.07. The molecular formula is C13H13N3OS2. The van der Waals surface area contributed by atoms with Crippen molar-refractivity contribution in [2.24, 2.45) is 0 Å². The highest BCUT2D eigenvalue weighted by molar-refractivity contribution is 7.71. The molecular weight excluding hydrogens is 278 g/mol. The minimum Gasteiger partial charge on any atom is -0.481 e. The van der Waals surface area contributed by atoms with Crippen LogP contribution >= 0.6 is 23.6 Å². The third-order valence-corrected chi connectivity index (χ3v) is 4.40. The normalized spacial score (nSPS) is 11.1. The van der Waals surface area contributed by atoms with E-state index in [-0.39, 0.29) is 0 Å². The van der Waals surface area contributed by atoms with Gasteiger partial charge in [-0.3, -0.25) is 4.57 Å². The molecule has 19 heavy (non-hydrogen) atoms. The summed E-state index contributed by atoms with van der Waals surface area (Å²) in [5, 5.41) is 2.09. The van der Waals surface area contributed by atoms with Crippen LogP contribution in [0.2, 0.25) is 0 Å². The molecule has 6 heteroatoms. The van der Waals surface area contributed by atoms with Gasteiger partial charge in [0.25, 0.3) is 0 Å². The Kier molecular flexibility index (Phi) is 3.12. The molecule has 0 radical (unpaired) electrons. The van der Waals surface area contributed by atoms with Crippen molar-refractivity contribution in [3.63, 3.8) is 0 Å². The lowest BCUT2D eigenvalue weighted by atomic mass is 10.3. The summed E-state index contributed by atoms with van der Waals surface area (Å²) in [4.78, 5) is 8.94. The van der Waals surface area contributed by atoms with Crippen molar-refractivity contribution in [2.75, 3.05) is 7.11 Å². The second kappa shape index (κ2) is 4.79. The molecule has 3 aromatic rings. The van der Waals surface area contributed by atoms with Gasteiger partial charge in [-0.25, -0.2) is 0 Å². The summed E-state index contributed by atoms with van der Waals surface area (Å²) in [7, 11) is 1.61. The van der Waals surface area contributed by atoms with E-state index in [9.17, 15) is 0 Å². The largest absolute Gasteiger partial charge is 0.481 e. The van der Waals surface area contributed by atoms with Gasteiger partial charge in [0, 0.05) is 10.9 Å². The number of pyridine rings is 1. The summed E-state index contributed by atoms with van der Waals surface area (Å²) in [6, 6.07) is 5.88. The van der Waals surface area contributed by atoms with E-state index in [1.807, 2.05) is 16.7 Å². The molecule has 98 valence electrons. The monoisotopic (exact) mass is 291 g/mol. The van der Waals surface area contributed by atoms with Crippen molar-refractivity contribution in [3.05, 3.63) is 38.8 Å². The highest BCUT2D eigenvalue weighted by Gasteiger charge is 2.09. The van der Waals surface area contributed by atoms with Crippen molar-refractivity contribution >= 4 is 34.7 Å². The summed E-state index contributed by atoms with van der Waals surface area (Å²) >= 11 is 7.11. The van der Waals surface area contributed by atoms with Gasteiger partial charge in [-0.15, -0.1) is 11.3 Å². The van der Waals surface area contributed by atoms with Gasteiger partial charge in [0.2, 0.25) is 5.88 Å². The van der Waals surface area contributed by atoms with Crippen LogP contribution in [0.1, 0.15) is 10.4 Å². The lowest BCUT2D eigenvalue weighted by molar-refractivity contribution is 0.399. The quantitative estimate of drug-likeness (QED) is 0.751. The number of rotatable bonds is 3. The number of imidazole rings is 1. The minimum absolute atomic E-state index is 0.596. The molecule has 0 aromatic carbocycles. The first-order valence-electron chi connectivity index (χ1n) is 5.85. The molecule has 3 heterocycles. The van der Waals surface area contributed by atoms with Crippen LogP contribution in [0.25, 0.3) is 11.2 Å². The average Bonchev–Trinajstić information content (AvgIpc) is 2.94. The van der Waals surface area contributed by atoms with Gasteiger partial charge in [0.1, 0.15) is 0 Å². The number of fused-ring (bicyclic) bond motifs is 1. The van der Waals surface area contributed by atoms with E-state index >= 15 is 0 Å². The lowest BCUT2D eigenvalue weighted by Crippen LogP contribution is -2.01. The summed E-state index contributed by atoms with van der Waals surface area (Å²) in [5.74, 6) is 0.596. The van der Waals surface area contributed by atoms with E-state index in [2.05, 4.69) is 28.3 Å². The van der Waals surface area contributed by atoms with E-state index in [0.29, 0.717) is 10.7 Å². The molecule has 0 spiro atoms. The number of thiophene rings is 1. The first-order chi connectivity index (χ1) is 9.19. The predicted octanol–water partition coefficient (Wildman–Crippen LogP) is 3.52. The topological polar surface area (TPSA) is 42.8 Å². The number of hydrogen-bond donors (Lipinski definition) is 1. The van der Waals surface area contributed by atoms with Crippen LogP contribution < -0.4 is 4.74 Å². The molecule has 4 nitrogen and oxygen atoms in total. The molecule has 0 saturated carbocycles. The number of aromatic nitrogens is 3. The fourth-order valence-electron chi connectivity index (χ4n) is 1.98. The molecule has 0 fully saturated rings. The molecule has 0 aliphatic heterocycles. The van der Waals surface area contributed by atoms with Crippen molar-refractivity contribution in [1.29, 1.82) is 0 Å². The Bertz CT molecular complexity index is 785. The zero-order valence-corrected chi connectivity index (χ0v) is 12.3. The highest BCUT2D eigenvalue weighted by atomic mass is 32.1. The number of methoxy groups -OCH3 is 1. The fourth-order valence-corrected chi connectivity index (χ4v) is 3.14. The van der Waals surface area contributed by atoms with Crippen LogP contribution in [0.5, 0.6) is 5.88 Å². The van der Waals surface area contributed by atoms with Crippen LogP contribution in [-0.4, -0.2) is 21.6 Å². The van der Waals surface area contributed by atoms with E-state index < -0.39 is 0 Å². The van der Waals surface area contributed by atoms with Crippen molar-refractivity contribution < 1.29 is 4.74 Å². The molecule has 3 rings (SSSR count). The number of hydrogen-bond acceptors (Lipinski definition) is 4. The van der Waals surface area contributed by atoms with Crippen LogP contribution in [0, 0.1) is 11.7 Å². The minimum atomic E-state index is 0.596. The number of ether oxygens (including phenoxy) is 1. The summed E-state index contributed by atoms with van der Waals surface area (Å²) in [5.41, 5.74) is 3.04. The second-order valence-electron chi connectivity index (χ2n) is 4.27. The number of aryl methyl sites for hydroxylation is 1. The molecule has 0 unspecified atom stereocenters. The maximum atomic E-state index is 5.38. The molecule has 0 bridgehead atoms. The summed E-state index contributed by atoms with van der Waals surface area (Å²) in [6.07, 6.45) is 0. The van der Waals surface area contributed by atoms with Gasteiger partial charge in [0.15, 0.2) is 10.4 Å². The number of nitrogens with zero attached hydrogens (tertiary/aromatic N) is 2.